The molecule has 1 N–H and O–H groups in total. The largest absolute Gasteiger partial charge is 0.465 e. The van der Waals surface area contributed by atoms with E-state index in [1.807, 2.05) is 13.0 Å². The maximum Gasteiger partial charge on any atom is 0.326 e. The molecule has 0 amide bonds. The van der Waals surface area contributed by atoms with Crippen LogP contribution in [0.15, 0.2) is 24.3 Å². The summed E-state index contributed by atoms with van der Waals surface area (Å²) in [5.41, 5.74) is -0.0426. The molecule has 0 aliphatic rings. The van der Waals surface area contributed by atoms with Gasteiger partial charge >= 0.3 is 5.97 Å². The Labute approximate surface area is 114 Å². The number of ether oxygens (including phenoxy) is 1. The standard InChI is InChI=1S/C15H22FNO2/c1-4-9-17-15(3,14(18)19-5-2)11-12-7-6-8-13(16)10-12/h6-8,10,17H,4-5,9,11H2,1-3H3. The molecule has 0 bridgehead atoms. The zero-order valence-electron chi connectivity index (χ0n) is 11.8. The fraction of sp³-hybridized carbons (Fsp3) is 0.533. The Morgan fingerprint density at radius 2 is 2.16 bits per heavy atom. The first-order chi connectivity index (χ1) is 9.01. The molecule has 1 atom stereocenters. The van der Waals surface area contributed by atoms with Crippen LogP contribution in [0.4, 0.5) is 4.39 Å². The molecule has 0 aromatic heterocycles. The third kappa shape index (κ3) is 4.63. The van der Waals surface area contributed by atoms with E-state index in [-0.39, 0.29) is 11.8 Å². The quantitative estimate of drug-likeness (QED) is 0.772. The van der Waals surface area contributed by atoms with Crippen LogP contribution in [-0.4, -0.2) is 24.7 Å². The maximum atomic E-state index is 13.2. The van der Waals surface area contributed by atoms with Crippen molar-refractivity contribution in [1.82, 2.24) is 5.32 Å². The summed E-state index contributed by atoms with van der Waals surface area (Å²) in [5.74, 6) is -0.591. The van der Waals surface area contributed by atoms with Crippen LogP contribution in [0.3, 0.4) is 0 Å². The molecule has 106 valence electrons. The van der Waals surface area contributed by atoms with Crippen molar-refractivity contribution in [3.05, 3.63) is 35.6 Å². The fourth-order valence-corrected chi connectivity index (χ4v) is 1.95. The molecule has 1 aromatic rings. The number of esters is 1. The molecule has 0 aliphatic carbocycles. The minimum atomic E-state index is -0.820. The Hall–Kier alpha value is -1.42. The SMILES string of the molecule is CCCNC(C)(Cc1cccc(F)c1)C(=O)OCC. The van der Waals surface area contributed by atoms with E-state index in [1.54, 1.807) is 19.9 Å². The minimum Gasteiger partial charge on any atom is -0.465 e. The number of hydrogen-bond donors (Lipinski definition) is 1. The smallest absolute Gasteiger partial charge is 0.326 e. The molecule has 1 aromatic carbocycles. The van der Waals surface area contributed by atoms with Crippen molar-refractivity contribution in [3.8, 4) is 0 Å². The average molecular weight is 267 g/mol. The molecule has 19 heavy (non-hydrogen) atoms. The summed E-state index contributed by atoms with van der Waals surface area (Å²) in [6.07, 6.45) is 1.32. The zero-order valence-corrected chi connectivity index (χ0v) is 11.8. The lowest BCUT2D eigenvalue weighted by molar-refractivity contribution is -0.150. The lowest BCUT2D eigenvalue weighted by atomic mass is 9.92. The first-order valence-corrected chi connectivity index (χ1v) is 6.68. The second kappa shape index (κ2) is 7.24. The highest BCUT2D eigenvalue weighted by Crippen LogP contribution is 2.16. The number of carbonyl (C=O) groups excluding carboxylic acids is 1. The highest BCUT2D eigenvalue weighted by Gasteiger charge is 2.34. The van der Waals surface area contributed by atoms with Gasteiger partial charge in [-0.25, -0.2) is 4.39 Å². The molecule has 3 nitrogen and oxygen atoms in total. The molecule has 0 heterocycles. The third-order valence-corrected chi connectivity index (χ3v) is 2.94. The fourth-order valence-electron chi connectivity index (χ4n) is 1.95. The summed E-state index contributed by atoms with van der Waals surface area (Å²) in [6, 6.07) is 6.31. The van der Waals surface area contributed by atoms with Crippen LogP contribution in [-0.2, 0) is 16.0 Å². The van der Waals surface area contributed by atoms with Crippen LogP contribution >= 0.6 is 0 Å². The number of hydrogen-bond acceptors (Lipinski definition) is 3. The number of carbonyl (C=O) groups is 1. The molecule has 0 spiro atoms. The van der Waals surface area contributed by atoms with E-state index in [9.17, 15) is 9.18 Å². The van der Waals surface area contributed by atoms with Gasteiger partial charge in [0.05, 0.1) is 6.61 Å². The Bertz CT molecular complexity index is 422. The van der Waals surface area contributed by atoms with Gasteiger partial charge in [-0.3, -0.25) is 4.79 Å². The summed E-state index contributed by atoms with van der Waals surface area (Å²) in [4.78, 5) is 12.1. The van der Waals surface area contributed by atoms with Crippen molar-refractivity contribution in [2.24, 2.45) is 0 Å². The average Bonchev–Trinajstić information content (AvgIpc) is 2.36. The molecule has 4 heteroatoms. The molecule has 0 saturated carbocycles. The van der Waals surface area contributed by atoms with E-state index < -0.39 is 5.54 Å². The molecule has 0 aliphatic heterocycles. The third-order valence-electron chi connectivity index (χ3n) is 2.94. The minimum absolute atomic E-state index is 0.292. The lowest BCUT2D eigenvalue weighted by Crippen LogP contribution is -2.52. The van der Waals surface area contributed by atoms with Gasteiger partial charge < -0.3 is 10.1 Å². The lowest BCUT2D eigenvalue weighted by Gasteiger charge is -2.28. The van der Waals surface area contributed by atoms with E-state index in [2.05, 4.69) is 5.32 Å². The van der Waals surface area contributed by atoms with Crippen molar-refractivity contribution < 1.29 is 13.9 Å². The van der Waals surface area contributed by atoms with Crippen molar-refractivity contribution in [2.75, 3.05) is 13.2 Å². The Kier molecular flexibility index (Phi) is 5.96. The monoisotopic (exact) mass is 267 g/mol. The topological polar surface area (TPSA) is 38.3 Å². The molecule has 0 saturated heterocycles. The summed E-state index contributed by atoms with van der Waals surface area (Å²) < 4.78 is 18.3. The van der Waals surface area contributed by atoms with Gasteiger partial charge in [0.25, 0.3) is 0 Å². The predicted octanol–water partition coefficient (Wildman–Crippen LogP) is 2.69. The second-order valence-electron chi connectivity index (χ2n) is 4.79. The van der Waals surface area contributed by atoms with Gasteiger partial charge in [-0.1, -0.05) is 19.1 Å². The van der Waals surface area contributed by atoms with Gasteiger partial charge in [-0.05, 0) is 44.5 Å². The summed E-state index contributed by atoms with van der Waals surface area (Å²) in [5, 5.41) is 3.20. The van der Waals surface area contributed by atoms with Crippen LogP contribution in [0, 0.1) is 5.82 Å². The molecule has 0 fully saturated rings. The molecular formula is C15H22FNO2. The van der Waals surface area contributed by atoms with Crippen LogP contribution in [0.2, 0.25) is 0 Å². The van der Waals surface area contributed by atoms with E-state index in [0.717, 1.165) is 12.0 Å². The van der Waals surface area contributed by atoms with Gasteiger partial charge in [-0.15, -0.1) is 0 Å². The first-order valence-electron chi connectivity index (χ1n) is 6.68. The van der Waals surface area contributed by atoms with Gasteiger partial charge in [-0.2, -0.15) is 0 Å². The number of halogens is 1. The molecule has 1 rings (SSSR count). The van der Waals surface area contributed by atoms with E-state index in [0.29, 0.717) is 19.6 Å². The molecular weight excluding hydrogens is 245 g/mol. The predicted molar refractivity (Wildman–Crippen MR) is 73.4 cm³/mol. The van der Waals surface area contributed by atoms with E-state index in [1.165, 1.54) is 12.1 Å². The number of benzene rings is 1. The molecule has 1 unspecified atom stereocenters. The van der Waals surface area contributed by atoms with Crippen molar-refractivity contribution in [2.45, 2.75) is 39.2 Å². The summed E-state index contributed by atoms with van der Waals surface area (Å²) in [6.45, 7) is 6.66. The highest BCUT2D eigenvalue weighted by atomic mass is 19.1. The van der Waals surface area contributed by atoms with E-state index >= 15 is 0 Å². The van der Waals surface area contributed by atoms with Crippen molar-refractivity contribution >= 4 is 5.97 Å². The first kappa shape index (κ1) is 15.6. The van der Waals surface area contributed by atoms with Gasteiger partial charge in [0, 0.05) is 6.42 Å². The van der Waals surface area contributed by atoms with Crippen LogP contribution in [0.5, 0.6) is 0 Å². The Morgan fingerprint density at radius 3 is 2.74 bits per heavy atom. The maximum absolute atomic E-state index is 13.2. The Balaban J connectivity index is 2.87. The van der Waals surface area contributed by atoms with Crippen molar-refractivity contribution in [1.29, 1.82) is 0 Å². The van der Waals surface area contributed by atoms with Gasteiger partial charge in [0.1, 0.15) is 11.4 Å². The van der Waals surface area contributed by atoms with Gasteiger partial charge in [0.2, 0.25) is 0 Å². The highest BCUT2D eigenvalue weighted by molar-refractivity contribution is 5.80. The summed E-state index contributed by atoms with van der Waals surface area (Å²) in [7, 11) is 0. The van der Waals surface area contributed by atoms with Crippen LogP contribution in [0.25, 0.3) is 0 Å². The van der Waals surface area contributed by atoms with Gasteiger partial charge in [0.15, 0.2) is 0 Å². The van der Waals surface area contributed by atoms with E-state index in [4.69, 9.17) is 4.74 Å². The second-order valence-corrected chi connectivity index (χ2v) is 4.79. The van der Waals surface area contributed by atoms with Crippen LogP contribution in [0.1, 0.15) is 32.8 Å². The Morgan fingerprint density at radius 1 is 1.42 bits per heavy atom. The number of rotatable bonds is 7. The molecule has 0 radical (unpaired) electrons. The summed E-state index contributed by atoms with van der Waals surface area (Å²) >= 11 is 0. The number of nitrogens with one attached hydrogen (secondary N) is 1. The van der Waals surface area contributed by atoms with Crippen molar-refractivity contribution in [3.63, 3.8) is 0 Å². The normalized spacial score (nSPS) is 13.9. The van der Waals surface area contributed by atoms with Crippen LogP contribution < -0.4 is 5.32 Å². The zero-order chi connectivity index (χ0) is 14.3.